The molecule has 1 aromatic carbocycles. The Labute approximate surface area is 70.4 Å². The highest BCUT2D eigenvalue weighted by molar-refractivity contribution is 5.24. The fourth-order valence-corrected chi connectivity index (χ4v) is 0.888. The van der Waals surface area contributed by atoms with Crippen LogP contribution >= 0.6 is 0 Å². The molecule has 12 heavy (non-hydrogen) atoms. The number of ether oxygens (including phenoxy) is 1. The van der Waals surface area contributed by atoms with E-state index in [1.165, 1.54) is 0 Å². The zero-order chi connectivity index (χ0) is 8.23. The first-order chi connectivity index (χ1) is 5.95. The molecular formula is C10H7O2. The van der Waals surface area contributed by atoms with Crippen molar-refractivity contribution < 1.29 is 9.15 Å². The summed E-state index contributed by atoms with van der Waals surface area (Å²) in [5.41, 5.74) is 0. The standard InChI is InChI=1S/C10H7O2/c1-2-5-9(6-3-1)12-10-7-4-8-11-10/h1-7H. The van der Waals surface area contributed by atoms with Crippen LogP contribution in [0.4, 0.5) is 0 Å². The first-order valence-corrected chi connectivity index (χ1v) is 3.64. The molecular weight excluding hydrogens is 152 g/mol. The molecule has 0 aliphatic carbocycles. The van der Waals surface area contributed by atoms with Crippen molar-refractivity contribution in [3.05, 3.63) is 48.7 Å². The zero-order valence-electron chi connectivity index (χ0n) is 6.36. The first-order valence-electron chi connectivity index (χ1n) is 3.64. The first kappa shape index (κ1) is 6.98. The van der Waals surface area contributed by atoms with E-state index in [4.69, 9.17) is 9.15 Å². The number of benzene rings is 1. The Morgan fingerprint density at radius 1 is 1.08 bits per heavy atom. The lowest BCUT2D eigenvalue weighted by atomic mass is 10.3. The monoisotopic (exact) mass is 159 g/mol. The maximum Gasteiger partial charge on any atom is 0.290 e. The molecule has 1 heterocycles. The number of furan rings is 1. The predicted molar refractivity (Wildman–Crippen MR) is 44.1 cm³/mol. The largest absolute Gasteiger partial charge is 0.426 e. The average molecular weight is 159 g/mol. The van der Waals surface area contributed by atoms with Gasteiger partial charge in [0.25, 0.3) is 5.95 Å². The van der Waals surface area contributed by atoms with Crippen molar-refractivity contribution in [3.8, 4) is 11.7 Å². The van der Waals surface area contributed by atoms with Crippen LogP contribution in [-0.4, -0.2) is 0 Å². The summed E-state index contributed by atoms with van der Waals surface area (Å²) in [5, 5.41) is 0. The molecule has 0 spiro atoms. The van der Waals surface area contributed by atoms with Crippen molar-refractivity contribution in [2.24, 2.45) is 0 Å². The van der Waals surface area contributed by atoms with E-state index < -0.39 is 0 Å². The average Bonchev–Trinajstić information content (AvgIpc) is 2.59. The Balaban J connectivity index is 2.15. The van der Waals surface area contributed by atoms with E-state index >= 15 is 0 Å². The summed E-state index contributed by atoms with van der Waals surface area (Å²) < 4.78 is 10.2. The van der Waals surface area contributed by atoms with Crippen LogP contribution in [0.3, 0.4) is 0 Å². The van der Waals surface area contributed by atoms with Crippen LogP contribution in [0.25, 0.3) is 0 Å². The Bertz CT molecular complexity index is 324. The molecule has 0 saturated carbocycles. The minimum atomic E-state index is 0.459. The van der Waals surface area contributed by atoms with Gasteiger partial charge in [-0.25, -0.2) is 0 Å². The lowest BCUT2D eigenvalue weighted by molar-refractivity contribution is 0.344. The van der Waals surface area contributed by atoms with Crippen molar-refractivity contribution >= 4 is 0 Å². The molecule has 0 atom stereocenters. The molecule has 59 valence electrons. The van der Waals surface area contributed by atoms with Gasteiger partial charge in [0.05, 0.1) is 0 Å². The van der Waals surface area contributed by atoms with Gasteiger partial charge in [0.2, 0.25) is 0 Å². The van der Waals surface area contributed by atoms with Crippen LogP contribution in [-0.2, 0) is 0 Å². The smallest absolute Gasteiger partial charge is 0.290 e. The number of rotatable bonds is 2. The van der Waals surface area contributed by atoms with Gasteiger partial charge in [-0.15, -0.1) is 0 Å². The lowest BCUT2D eigenvalue weighted by Gasteiger charge is -1.98. The van der Waals surface area contributed by atoms with Gasteiger partial charge in [-0.3, -0.25) is 0 Å². The van der Waals surface area contributed by atoms with Gasteiger partial charge >= 0.3 is 0 Å². The van der Waals surface area contributed by atoms with Crippen LogP contribution in [0.15, 0.2) is 46.9 Å². The molecule has 0 aliphatic heterocycles. The second-order valence-corrected chi connectivity index (χ2v) is 2.29. The normalized spacial score (nSPS) is 9.67. The molecule has 2 nitrogen and oxygen atoms in total. The summed E-state index contributed by atoms with van der Waals surface area (Å²) in [6, 6.07) is 12.8. The highest BCUT2D eigenvalue weighted by Gasteiger charge is 1.96. The Kier molecular flexibility index (Phi) is 1.82. The molecule has 0 saturated heterocycles. The van der Waals surface area contributed by atoms with E-state index in [-0.39, 0.29) is 0 Å². The van der Waals surface area contributed by atoms with Crippen molar-refractivity contribution in [3.63, 3.8) is 0 Å². The third-order valence-electron chi connectivity index (χ3n) is 1.41. The third-order valence-corrected chi connectivity index (χ3v) is 1.41. The van der Waals surface area contributed by atoms with Gasteiger partial charge in [-0.1, -0.05) is 18.2 Å². The fraction of sp³-hybridized carbons (Fsp3) is 0. The predicted octanol–water partition coefficient (Wildman–Crippen LogP) is 2.87. The van der Waals surface area contributed by atoms with Crippen molar-refractivity contribution in [2.45, 2.75) is 0 Å². The Morgan fingerprint density at radius 3 is 2.58 bits per heavy atom. The molecule has 2 heteroatoms. The minimum absolute atomic E-state index is 0.459. The SMILES string of the molecule is [c]1ccc(Oc2ccccc2)o1. The van der Waals surface area contributed by atoms with Crippen molar-refractivity contribution in [2.75, 3.05) is 0 Å². The molecule has 0 amide bonds. The van der Waals surface area contributed by atoms with Gasteiger partial charge in [0.15, 0.2) is 6.26 Å². The molecule has 0 unspecified atom stereocenters. The summed E-state index contributed by atoms with van der Waals surface area (Å²) in [4.78, 5) is 0. The summed E-state index contributed by atoms with van der Waals surface area (Å²) >= 11 is 0. The number of para-hydroxylation sites is 1. The maximum absolute atomic E-state index is 5.32. The van der Waals surface area contributed by atoms with E-state index in [9.17, 15) is 0 Å². The van der Waals surface area contributed by atoms with E-state index in [1.807, 2.05) is 30.3 Å². The van der Waals surface area contributed by atoms with Gasteiger partial charge in [0, 0.05) is 6.07 Å². The summed E-state index contributed by atoms with van der Waals surface area (Å²) in [7, 11) is 0. The Hall–Kier alpha value is -1.70. The molecule has 1 aromatic heterocycles. The van der Waals surface area contributed by atoms with Crippen molar-refractivity contribution in [1.82, 2.24) is 0 Å². The number of hydrogen-bond donors (Lipinski definition) is 0. The molecule has 0 aliphatic rings. The van der Waals surface area contributed by atoms with E-state index in [0.717, 1.165) is 5.75 Å². The minimum Gasteiger partial charge on any atom is -0.426 e. The highest BCUT2D eigenvalue weighted by Crippen LogP contribution is 2.19. The molecule has 0 bridgehead atoms. The molecule has 2 rings (SSSR count). The molecule has 0 fully saturated rings. The molecule has 1 radical (unpaired) electrons. The highest BCUT2D eigenvalue weighted by atomic mass is 16.6. The van der Waals surface area contributed by atoms with E-state index in [2.05, 4.69) is 6.26 Å². The third kappa shape index (κ3) is 1.48. The maximum atomic E-state index is 5.32. The quantitative estimate of drug-likeness (QED) is 0.672. The van der Waals surface area contributed by atoms with Crippen molar-refractivity contribution in [1.29, 1.82) is 0 Å². The fourth-order valence-electron chi connectivity index (χ4n) is 0.888. The van der Waals surface area contributed by atoms with Crippen LogP contribution < -0.4 is 4.74 Å². The summed E-state index contributed by atoms with van der Waals surface area (Å²) in [5.74, 6) is 1.22. The van der Waals surface area contributed by atoms with Gasteiger partial charge in [-0.05, 0) is 18.2 Å². The van der Waals surface area contributed by atoms with Gasteiger partial charge < -0.3 is 9.15 Å². The van der Waals surface area contributed by atoms with E-state index in [0.29, 0.717) is 5.95 Å². The topological polar surface area (TPSA) is 22.4 Å². The van der Waals surface area contributed by atoms with Gasteiger partial charge in [-0.2, -0.15) is 0 Å². The summed E-state index contributed by atoms with van der Waals surface area (Å²) in [6.45, 7) is 0. The number of hydrogen-bond acceptors (Lipinski definition) is 2. The molecule has 0 N–H and O–H groups in total. The molecule has 2 aromatic rings. The van der Waals surface area contributed by atoms with Crippen LogP contribution in [0.2, 0.25) is 0 Å². The Morgan fingerprint density at radius 2 is 1.92 bits per heavy atom. The van der Waals surface area contributed by atoms with Crippen LogP contribution in [0, 0.1) is 6.26 Å². The van der Waals surface area contributed by atoms with Crippen LogP contribution in [0.5, 0.6) is 11.7 Å². The zero-order valence-corrected chi connectivity index (χ0v) is 6.36. The van der Waals surface area contributed by atoms with Crippen LogP contribution in [0.1, 0.15) is 0 Å². The summed E-state index contributed by atoms with van der Waals surface area (Å²) in [6.07, 6.45) is 2.55. The second kappa shape index (κ2) is 3.13. The van der Waals surface area contributed by atoms with Gasteiger partial charge in [0.1, 0.15) is 5.75 Å². The lowest BCUT2D eigenvalue weighted by Crippen LogP contribution is -1.79. The second-order valence-electron chi connectivity index (χ2n) is 2.29. The van der Waals surface area contributed by atoms with E-state index in [1.54, 1.807) is 12.1 Å².